The van der Waals surface area contributed by atoms with Gasteiger partial charge in [0.2, 0.25) is 0 Å². The van der Waals surface area contributed by atoms with Crippen molar-refractivity contribution in [3.05, 3.63) is 82.1 Å². The molecule has 1 aromatic carbocycles. The van der Waals surface area contributed by atoms with Gasteiger partial charge in [0.05, 0.1) is 11.7 Å². The van der Waals surface area contributed by atoms with Crippen LogP contribution in [0, 0.1) is 11.3 Å². The number of hydrogen-bond donors (Lipinski definition) is 2. The molecule has 10 nitrogen and oxygen atoms in total. The number of nitrogens with two attached hydrogens (primary N) is 1. The van der Waals surface area contributed by atoms with Gasteiger partial charge in [0.1, 0.15) is 0 Å². The maximum Gasteiger partial charge on any atom is 0.356 e. The smallest absolute Gasteiger partial charge is 0.356 e. The highest BCUT2D eigenvalue weighted by Crippen LogP contribution is 2.57. The van der Waals surface area contributed by atoms with E-state index in [0.717, 1.165) is 99.2 Å². The van der Waals surface area contributed by atoms with Gasteiger partial charge in [-0.3, -0.25) is 9.67 Å². The fraction of sp³-hybridized carbons (Fsp3) is 0.500. The number of nitrogens with zero attached hydrogens (tertiary/aromatic N) is 7. The normalized spacial score (nSPS) is 23.7. The Morgan fingerprint density at radius 3 is 2.60 bits per heavy atom. The van der Waals surface area contributed by atoms with Crippen molar-refractivity contribution in [3.8, 4) is 0 Å². The first-order valence-corrected chi connectivity index (χ1v) is 17.7. The minimum absolute atomic E-state index is 0.0265. The standard InChI is InChI=1S/C38H46F2N8O2/c1-23(2)46-14-10-33-31(22-46)36(47-13-4-5-25-16-29(26(20-41)21-42-3)30(35(39)40)17-34(25)47)45-48(33)28-8-11-38(12-9-28)18-24(19-38)15-27-6-7-32(37(49)50)44-43-27/h6-7,16-17,20-21,24,28,35H,1,4-5,8-15,18-19,22,41H2,2-3H3,(H,49,50)/b26-20+,42-21?. The number of anilines is 2. The summed E-state index contributed by atoms with van der Waals surface area (Å²) >= 11 is 0. The van der Waals surface area contributed by atoms with Gasteiger partial charge in [0.25, 0.3) is 6.43 Å². The second-order valence-corrected chi connectivity index (χ2v) is 14.7. The van der Waals surface area contributed by atoms with E-state index in [1.165, 1.54) is 29.7 Å². The number of aryl methyl sites for hydroxylation is 1. The quantitative estimate of drug-likeness (QED) is 0.230. The Hall–Kier alpha value is -4.61. The number of halogens is 2. The summed E-state index contributed by atoms with van der Waals surface area (Å²) in [6.07, 6.45) is 10.3. The summed E-state index contributed by atoms with van der Waals surface area (Å²) in [4.78, 5) is 19.6. The van der Waals surface area contributed by atoms with Crippen LogP contribution in [-0.2, 0) is 25.8 Å². The zero-order valence-corrected chi connectivity index (χ0v) is 28.9. The average molecular weight is 685 g/mol. The number of carboxylic acid groups (broad SMARTS) is 1. The fourth-order valence-corrected chi connectivity index (χ4v) is 8.97. The van der Waals surface area contributed by atoms with E-state index in [0.29, 0.717) is 41.6 Å². The lowest BCUT2D eigenvalue weighted by Crippen LogP contribution is -2.42. The van der Waals surface area contributed by atoms with Gasteiger partial charge in [-0.15, -0.1) is 5.10 Å². The monoisotopic (exact) mass is 684 g/mol. The van der Waals surface area contributed by atoms with E-state index < -0.39 is 12.4 Å². The summed E-state index contributed by atoms with van der Waals surface area (Å²) in [5.74, 6) is 0.357. The molecular weight excluding hydrogens is 638 g/mol. The Morgan fingerprint density at radius 2 is 1.96 bits per heavy atom. The Labute approximate surface area is 291 Å². The van der Waals surface area contributed by atoms with Gasteiger partial charge in [-0.1, -0.05) is 6.58 Å². The Kier molecular flexibility index (Phi) is 9.21. The highest BCUT2D eigenvalue weighted by atomic mass is 19.3. The molecule has 4 heterocycles. The van der Waals surface area contributed by atoms with E-state index >= 15 is 0 Å². The number of carbonyl (C=O) groups is 1. The van der Waals surface area contributed by atoms with Gasteiger partial charge in [-0.05, 0) is 111 Å². The van der Waals surface area contributed by atoms with Crippen molar-refractivity contribution < 1.29 is 18.7 Å². The van der Waals surface area contributed by atoms with Crippen LogP contribution in [0.2, 0.25) is 0 Å². The van der Waals surface area contributed by atoms with Crippen LogP contribution >= 0.6 is 0 Å². The molecule has 0 bridgehead atoms. The first kappa shape index (κ1) is 33.9. The van der Waals surface area contributed by atoms with Crippen LogP contribution in [0.5, 0.6) is 0 Å². The van der Waals surface area contributed by atoms with Crippen LogP contribution in [0.1, 0.15) is 108 Å². The third-order valence-electron chi connectivity index (χ3n) is 11.5. The summed E-state index contributed by atoms with van der Waals surface area (Å²) in [6, 6.07) is 7.14. The molecule has 12 heteroatoms. The number of aliphatic imine (C=N–C) groups is 1. The third-order valence-corrected chi connectivity index (χ3v) is 11.5. The zero-order chi connectivity index (χ0) is 35.2. The van der Waals surface area contributed by atoms with Gasteiger partial charge in [0.15, 0.2) is 11.5 Å². The Bertz CT molecular complexity index is 1830. The molecule has 2 aromatic heterocycles. The summed E-state index contributed by atoms with van der Waals surface area (Å²) in [5.41, 5.74) is 13.2. The number of rotatable bonds is 9. The van der Waals surface area contributed by atoms with E-state index in [1.54, 1.807) is 19.2 Å². The molecule has 0 unspecified atom stereocenters. The lowest BCUT2D eigenvalue weighted by atomic mass is 9.54. The molecule has 2 aliphatic carbocycles. The van der Waals surface area contributed by atoms with Gasteiger partial charge in [0, 0.05) is 79.3 Å². The number of aromatic nitrogens is 4. The fourth-order valence-electron chi connectivity index (χ4n) is 8.97. The van der Waals surface area contributed by atoms with Crippen LogP contribution in [-0.4, -0.2) is 62.3 Å². The molecule has 3 aromatic rings. The van der Waals surface area contributed by atoms with Crippen LogP contribution in [0.3, 0.4) is 0 Å². The predicted octanol–water partition coefficient (Wildman–Crippen LogP) is 7.04. The van der Waals surface area contributed by atoms with Crippen molar-refractivity contribution in [2.24, 2.45) is 22.1 Å². The Morgan fingerprint density at radius 1 is 1.18 bits per heavy atom. The number of alkyl halides is 2. The molecular formula is C38H46F2N8O2. The summed E-state index contributed by atoms with van der Waals surface area (Å²) in [5, 5.41) is 22.5. The van der Waals surface area contributed by atoms with Crippen LogP contribution in [0.25, 0.3) is 5.57 Å². The van der Waals surface area contributed by atoms with Gasteiger partial charge in [-0.25, -0.2) is 13.6 Å². The van der Waals surface area contributed by atoms with Crippen molar-refractivity contribution in [2.75, 3.05) is 25.0 Å². The molecule has 0 saturated heterocycles. The molecule has 0 amide bonds. The molecule has 1 spiro atoms. The molecule has 264 valence electrons. The SMILES string of the molecule is C=C(C)N1CCc2c(c(N3CCCc4cc(/C(C=NC)=C/N)c(C(F)F)cc43)nn2C2CCC3(CC2)CC(Cc2ccc(C(=O)O)nn2)C3)C1. The molecule has 2 saturated carbocycles. The third kappa shape index (κ3) is 6.28. The van der Waals surface area contributed by atoms with E-state index in [2.05, 4.69) is 36.3 Å². The highest BCUT2D eigenvalue weighted by molar-refractivity contribution is 6.10. The van der Waals surface area contributed by atoms with Gasteiger partial charge in [-0.2, -0.15) is 10.2 Å². The van der Waals surface area contributed by atoms with Crippen LogP contribution in [0.4, 0.5) is 20.3 Å². The highest BCUT2D eigenvalue weighted by Gasteiger charge is 2.47. The molecule has 2 fully saturated rings. The first-order valence-electron chi connectivity index (χ1n) is 17.7. The molecule has 0 atom stereocenters. The van der Waals surface area contributed by atoms with Crippen molar-refractivity contribution in [1.29, 1.82) is 0 Å². The number of hydrogen-bond acceptors (Lipinski definition) is 8. The topological polar surface area (TPSA) is 126 Å². The molecule has 2 aliphatic heterocycles. The number of allylic oxidation sites excluding steroid dienone is 2. The first-order chi connectivity index (χ1) is 24.1. The second kappa shape index (κ2) is 13.6. The Balaban J connectivity index is 1.14. The zero-order valence-electron chi connectivity index (χ0n) is 28.9. The van der Waals surface area contributed by atoms with Crippen molar-refractivity contribution in [3.63, 3.8) is 0 Å². The van der Waals surface area contributed by atoms with Crippen LogP contribution in [0.15, 0.2) is 47.7 Å². The van der Waals surface area contributed by atoms with Crippen molar-refractivity contribution >= 4 is 29.3 Å². The molecule has 3 N–H and O–H groups in total. The number of benzene rings is 1. The molecule has 0 radical (unpaired) electrons. The van der Waals surface area contributed by atoms with E-state index in [-0.39, 0.29) is 11.3 Å². The summed E-state index contributed by atoms with van der Waals surface area (Å²) in [6.45, 7) is 8.55. The molecule has 7 rings (SSSR count). The maximum atomic E-state index is 14.6. The molecule has 4 aliphatic rings. The van der Waals surface area contributed by atoms with Crippen molar-refractivity contribution in [2.45, 2.75) is 90.1 Å². The van der Waals surface area contributed by atoms with E-state index in [9.17, 15) is 13.6 Å². The average Bonchev–Trinajstić information content (AvgIpc) is 3.48. The molecule has 50 heavy (non-hydrogen) atoms. The predicted molar refractivity (Wildman–Crippen MR) is 190 cm³/mol. The number of aromatic carboxylic acids is 1. The minimum atomic E-state index is -2.67. The summed E-state index contributed by atoms with van der Waals surface area (Å²) < 4.78 is 31.5. The minimum Gasteiger partial charge on any atom is -0.476 e. The van der Waals surface area contributed by atoms with Gasteiger partial charge >= 0.3 is 5.97 Å². The summed E-state index contributed by atoms with van der Waals surface area (Å²) in [7, 11) is 1.61. The number of carboxylic acids is 1. The second-order valence-electron chi connectivity index (χ2n) is 14.7. The van der Waals surface area contributed by atoms with E-state index in [4.69, 9.17) is 15.9 Å². The maximum absolute atomic E-state index is 14.6. The van der Waals surface area contributed by atoms with E-state index in [1.807, 2.05) is 13.0 Å². The van der Waals surface area contributed by atoms with Crippen LogP contribution < -0.4 is 10.6 Å². The lowest BCUT2D eigenvalue weighted by molar-refractivity contribution is 0.000196. The van der Waals surface area contributed by atoms with Crippen molar-refractivity contribution in [1.82, 2.24) is 24.9 Å². The number of fused-ring (bicyclic) bond motifs is 2. The lowest BCUT2D eigenvalue weighted by Gasteiger charge is -2.52. The van der Waals surface area contributed by atoms with Gasteiger partial charge < -0.3 is 20.6 Å². The largest absolute Gasteiger partial charge is 0.476 e.